The van der Waals surface area contributed by atoms with Crippen LogP contribution in [0.1, 0.15) is 90.3 Å². The van der Waals surface area contributed by atoms with Gasteiger partial charge in [-0.15, -0.1) is 0 Å². The number of rotatable bonds is 8. The van der Waals surface area contributed by atoms with Gasteiger partial charge in [0, 0.05) is 19.0 Å². The molecule has 2 aliphatic rings. The molecule has 0 spiro atoms. The fourth-order valence-corrected chi connectivity index (χ4v) is 5.18. The van der Waals surface area contributed by atoms with Gasteiger partial charge in [-0.2, -0.15) is 0 Å². The third-order valence-electron chi connectivity index (χ3n) is 8.08. The van der Waals surface area contributed by atoms with Gasteiger partial charge >= 0.3 is 7.12 Å². The fourth-order valence-electron chi connectivity index (χ4n) is 5.18. The molecule has 1 saturated heterocycles. The lowest BCUT2D eigenvalue weighted by atomic mass is 9.78. The quantitative estimate of drug-likeness (QED) is 0.519. The van der Waals surface area contributed by atoms with Gasteiger partial charge in [-0.3, -0.25) is 9.59 Å². The minimum Gasteiger partial charge on any atom is -0.399 e. The zero-order valence-electron chi connectivity index (χ0n) is 23.0. The second kappa shape index (κ2) is 11.4. The Morgan fingerprint density at radius 1 is 0.973 bits per heavy atom. The van der Waals surface area contributed by atoms with Gasteiger partial charge in [0.15, 0.2) is 0 Å². The van der Waals surface area contributed by atoms with Gasteiger partial charge in [0.2, 0.25) is 11.8 Å². The van der Waals surface area contributed by atoms with Crippen molar-refractivity contribution in [2.45, 2.75) is 103 Å². The summed E-state index contributed by atoms with van der Waals surface area (Å²) in [5.41, 5.74) is 1.78. The molecule has 1 aliphatic heterocycles. The lowest BCUT2D eigenvalue weighted by Crippen LogP contribution is -2.46. The Hall–Kier alpha value is -2.64. The first-order valence-corrected chi connectivity index (χ1v) is 13.7. The van der Waals surface area contributed by atoms with Crippen LogP contribution in [0.5, 0.6) is 0 Å². The highest BCUT2D eigenvalue weighted by atomic mass is 16.7. The number of benzene rings is 2. The number of amides is 2. The molecule has 6 nitrogen and oxygen atoms in total. The summed E-state index contributed by atoms with van der Waals surface area (Å²) in [5, 5.41) is 3.26. The molecular formula is C30H41BN2O4. The van der Waals surface area contributed by atoms with Crippen LogP contribution in [-0.2, 0) is 25.4 Å². The molecule has 198 valence electrons. The number of nitrogens with zero attached hydrogens (tertiary/aromatic N) is 1. The normalized spacial score (nSPS) is 19.9. The van der Waals surface area contributed by atoms with Crippen LogP contribution in [0.4, 0.5) is 0 Å². The van der Waals surface area contributed by atoms with E-state index < -0.39 is 24.4 Å². The zero-order chi connectivity index (χ0) is 26.6. The first-order valence-electron chi connectivity index (χ1n) is 13.7. The molecule has 37 heavy (non-hydrogen) atoms. The summed E-state index contributed by atoms with van der Waals surface area (Å²) in [5.74, 6) is -0.171. The van der Waals surface area contributed by atoms with E-state index in [0.29, 0.717) is 13.0 Å². The number of hydrogen-bond acceptors (Lipinski definition) is 4. The van der Waals surface area contributed by atoms with E-state index in [1.807, 2.05) is 89.2 Å². The van der Waals surface area contributed by atoms with Crippen molar-refractivity contribution in [2.75, 3.05) is 0 Å². The average molecular weight is 504 g/mol. The van der Waals surface area contributed by atoms with Crippen LogP contribution in [0.15, 0.2) is 54.6 Å². The molecule has 1 unspecified atom stereocenters. The molecular weight excluding hydrogens is 463 g/mol. The van der Waals surface area contributed by atoms with E-state index in [2.05, 4.69) is 5.32 Å². The van der Waals surface area contributed by atoms with E-state index in [1.54, 1.807) is 4.90 Å². The van der Waals surface area contributed by atoms with Crippen LogP contribution in [0.3, 0.4) is 0 Å². The Labute approximate surface area is 222 Å². The number of nitrogens with one attached hydrogen (secondary N) is 1. The third-order valence-corrected chi connectivity index (χ3v) is 8.08. The zero-order valence-corrected chi connectivity index (χ0v) is 23.0. The van der Waals surface area contributed by atoms with Crippen molar-refractivity contribution in [2.24, 2.45) is 0 Å². The molecule has 1 aliphatic carbocycles. The minimum absolute atomic E-state index is 0.0614. The molecule has 0 bridgehead atoms. The molecule has 1 N–H and O–H groups in total. The third kappa shape index (κ3) is 6.27. The summed E-state index contributed by atoms with van der Waals surface area (Å²) in [6.07, 6.45) is 5.77. The Balaban J connectivity index is 1.62. The SMILES string of the molecule is CCC(=O)N(Cc1cccc(B2OC(C)(C)C(C)(C)O2)c1)C(C(=O)NC1CCCCC1)c1ccccc1. The second-order valence-corrected chi connectivity index (χ2v) is 11.4. The van der Waals surface area contributed by atoms with E-state index in [0.717, 1.165) is 42.3 Å². The predicted octanol–water partition coefficient (Wildman–Crippen LogP) is 4.91. The summed E-state index contributed by atoms with van der Waals surface area (Å²) in [6.45, 7) is 10.3. The van der Waals surface area contributed by atoms with E-state index in [9.17, 15) is 9.59 Å². The number of carbonyl (C=O) groups excluding carboxylic acids is 2. The van der Waals surface area contributed by atoms with Gasteiger partial charge in [0.05, 0.1) is 11.2 Å². The van der Waals surface area contributed by atoms with E-state index in [1.165, 1.54) is 6.42 Å². The van der Waals surface area contributed by atoms with Gasteiger partial charge in [-0.25, -0.2) is 0 Å². The van der Waals surface area contributed by atoms with Crippen molar-refractivity contribution in [3.63, 3.8) is 0 Å². The lowest BCUT2D eigenvalue weighted by molar-refractivity contribution is -0.141. The van der Waals surface area contributed by atoms with Crippen molar-refractivity contribution in [1.29, 1.82) is 0 Å². The summed E-state index contributed by atoms with van der Waals surface area (Å²) in [7, 11) is -0.486. The molecule has 2 aromatic carbocycles. The summed E-state index contributed by atoms with van der Waals surface area (Å²) < 4.78 is 12.5. The van der Waals surface area contributed by atoms with Gasteiger partial charge in [-0.05, 0) is 57.1 Å². The molecule has 4 rings (SSSR count). The van der Waals surface area contributed by atoms with E-state index >= 15 is 0 Å². The highest BCUT2D eigenvalue weighted by Gasteiger charge is 2.51. The number of carbonyl (C=O) groups is 2. The van der Waals surface area contributed by atoms with Crippen LogP contribution in [0.25, 0.3) is 0 Å². The molecule has 2 fully saturated rings. The molecule has 2 aromatic rings. The van der Waals surface area contributed by atoms with Crippen molar-refractivity contribution in [3.05, 3.63) is 65.7 Å². The fraction of sp³-hybridized carbons (Fsp3) is 0.533. The van der Waals surface area contributed by atoms with Crippen LogP contribution >= 0.6 is 0 Å². The Morgan fingerprint density at radius 2 is 1.62 bits per heavy atom. The topological polar surface area (TPSA) is 67.9 Å². The lowest BCUT2D eigenvalue weighted by Gasteiger charge is -2.33. The standard InChI is InChI=1S/C30H41BN2O4/c1-6-26(34)33(21-22-14-13-17-24(20-22)31-36-29(2,3)30(4,5)37-31)27(23-15-9-7-10-16-23)28(35)32-25-18-11-8-12-19-25/h7,9-10,13-17,20,25,27H,6,8,11-12,18-19,21H2,1-5H3,(H,32,35). The van der Waals surface area contributed by atoms with Gasteiger partial charge in [-0.1, -0.05) is 80.8 Å². The van der Waals surface area contributed by atoms with Crippen molar-refractivity contribution in [1.82, 2.24) is 10.2 Å². The maximum absolute atomic E-state index is 13.7. The Bertz CT molecular complexity index is 1070. The maximum Gasteiger partial charge on any atom is 0.494 e. The van der Waals surface area contributed by atoms with E-state index in [4.69, 9.17) is 9.31 Å². The largest absolute Gasteiger partial charge is 0.494 e. The van der Waals surface area contributed by atoms with E-state index in [-0.39, 0.29) is 17.9 Å². The molecule has 0 aromatic heterocycles. The molecule has 2 amide bonds. The highest BCUT2D eigenvalue weighted by Crippen LogP contribution is 2.36. The minimum atomic E-state index is -0.698. The molecule has 0 radical (unpaired) electrons. The molecule has 1 heterocycles. The average Bonchev–Trinajstić information content (AvgIpc) is 3.11. The molecule has 1 saturated carbocycles. The number of hydrogen-bond donors (Lipinski definition) is 1. The Kier molecular flexibility index (Phi) is 8.44. The van der Waals surface area contributed by atoms with Crippen molar-refractivity contribution in [3.8, 4) is 0 Å². The van der Waals surface area contributed by atoms with Crippen LogP contribution < -0.4 is 10.8 Å². The predicted molar refractivity (Wildman–Crippen MR) is 147 cm³/mol. The van der Waals surface area contributed by atoms with Gasteiger partial charge in [0.25, 0.3) is 0 Å². The highest BCUT2D eigenvalue weighted by molar-refractivity contribution is 6.62. The van der Waals surface area contributed by atoms with Crippen molar-refractivity contribution >= 4 is 24.4 Å². The monoisotopic (exact) mass is 504 g/mol. The van der Waals surface area contributed by atoms with Crippen molar-refractivity contribution < 1.29 is 18.9 Å². The molecule has 1 atom stereocenters. The summed E-state index contributed by atoms with van der Waals surface area (Å²) in [6, 6.07) is 17.1. The summed E-state index contributed by atoms with van der Waals surface area (Å²) in [4.78, 5) is 28.8. The summed E-state index contributed by atoms with van der Waals surface area (Å²) >= 11 is 0. The molecule has 7 heteroatoms. The second-order valence-electron chi connectivity index (χ2n) is 11.4. The van der Waals surface area contributed by atoms with Crippen LogP contribution in [-0.4, -0.2) is 41.1 Å². The van der Waals surface area contributed by atoms with Crippen LogP contribution in [0.2, 0.25) is 0 Å². The van der Waals surface area contributed by atoms with Gasteiger partial charge < -0.3 is 19.5 Å². The Morgan fingerprint density at radius 3 is 2.24 bits per heavy atom. The maximum atomic E-state index is 13.7. The first kappa shape index (κ1) is 27.4. The first-order chi connectivity index (χ1) is 17.6. The van der Waals surface area contributed by atoms with Gasteiger partial charge in [0.1, 0.15) is 6.04 Å². The van der Waals surface area contributed by atoms with Crippen LogP contribution in [0, 0.1) is 0 Å². The smallest absolute Gasteiger partial charge is 0.399 e.